The van der Waals surface area contributed by atoms with E-state index in [-0.39, 0.29) is 36.5 Å². The predicted molar refractivity (Wildman–Crippen MR) is 141 cm³/mol. The van der Waals surface area contributed by atoms with Crippen molar-refractivity contribution >= 4 is 44.8 Å². The number of piperazine rings is 1. The van der Waals surface area contributed by atoms with Gasteiger partial charge < -0.3 is 9.80 Å². The molecule has 186 valence electrons. The van der Waals surface area contributed by atoms with Gasteiger partial charge in [0, 0.05) is 35.8 Å². The van der Waals surface area contributed by atoms with E-state index in [1.807, 2.05) is 42.5 Å². The highest BCUT2D eigenvalue weighted by atomic mass is 32.1. The summed E-state index contributed by atoms with van der Waals surface area (Å²) in [6.07, 6.45) is 0.223. The van der Waals surface area contributed by atoms with Crippen LogP contribution >= 0.6 is 11.3 Å². The van der Waals surface area contributed by atoms with Gasteiger partial charge in [0.1, 0.15) is 5.82 Å². The molecule has 8 heteroatoms. The van der Waals surface area contributed by atoms with Gasteiger partial charge in [-0.3, -0.25) is 19.3 Å². The summed E-state index contributed by atoms with van der Waals surface area (Å²) in [5.41, 5.74) is 2.39. The Hall–Kier alpha value is -4.04. The molecule has 6 nitrogen and oxygen atoms in total. The summed E-state index contributed by atoms with van der Waals surface area (Å²) in [6, 6.07) is 21.4. The zero-order chi connectivity index (χ0) is 25.5. The van der Waals surface area contributed by atoms with Crippen LogP contribution in [-0.4, -0.2) is 53.7 Å². The Morgan fingerprint density at radius 1 is 0.865 bits per heavy atom. The minimum atomic E-state index is -0.324. The van der Waals surface area contributed by atoms with Gasteiger partial charge >= 0.3 is 0 Å². The zero-order valence-electron chi connectivity index (χ0n) is 20.0. The number of imide groups is 1. The lowest BCUT2D eigenvalue weighted by molar-refractivity contribution is -0.130. The third kappa shape index (κ3) is 4.38. The average molecular weight is 514 g/mol. The molecule has 0 radical (unpaired) electrons. The van der Waals surface area contributed by atoms with E-state index in [1.54, 1.807) is 34.4 Å². The van der Waals surface area contributed by atoms with Crippen molar-refractivity contribution in [1.29, 1.82) is 0 Å². The van der Waals surface area contributed by atoms with E-state index in [9.17, 15) is 18.8 Å². The number of thiophene rings is 1. The van der Waals surface area contributed by atoms with E-state index in [0.717, 1.165) is 26.2 Å². The number of hydrogen-bond donors (Lipinski definition) is 0. The van der Waals surface area contributed by atoms with Crippen molar-refractivity contribution in [3.05, 3.63) is 100 Å². The summed E-state index contributed by atoms with van der Waals surface area (Å²) in [5, 5.41) is 1.10. The number of carbonyl (C=O) groups is 3. The first kappa shape index (κ1) is 23.4. The normalized spacial score (nSPS) is 15.5. The molecule has 0 N–H and O–H groups in total. The highest BCUT2D eigenvalue weighted by Crippen LogP contribution is 2.35. The molecule has 3 amide bonds. The summed E-state index contributed by atoms with van der Waals surface area (Å²) in [6.45, 7) is 2.39. The predicted octanol–water partition coefficient (Wildman–Crippen LogP) is 4.73. The Labute approximate surface area is 217 Å². The Morgan fingerprint density at radius 3 is 2.38 bits per heavy atom. The Kier molecular flexibility index (Phi) is 5.96. The number of fused-ring (bicyclic) bond motifs is 2. The van der Waals surface area contributed by atoms with Crippen molar-refractivity contribution in [1.82, 2.24) is 9.80 Å². The van der Waals surface area contributed by atoms with Crippen LogP contribution in [-0.2, 0) is 17.8 Å². The topological polar surface area (TPSA) is 60.9 Å². The van der Waals surface area contributed by atoms with Crippen LogP contribution in [0.3, 0.4) is 0 Å². The Morgan fingerprint density at radius 2 is 1.62 bits per heavy atom. The second-order valence-corrected chi connectivity index (χ2v) is 10.5. The van der Waals surface area contributed by atoms with Crippen molar-refractivity contribution in [3.63, 3.8) is 0 Å². The van der Waals surface area contributed by atoms with Crippen LogP contribution in [0.1, 0.15) is 31.2 Å². The largest absolute Gasteiger partial charge is 0.367 e. The van der Waals surface area contributed by atoms with E-state index in [0.29, 0.717) is 37.3 Å². The number of amides is 3. The maximum atomic E-state index is 13.5. The molecule has 2 aliphatic rings. The van der Waals surface area contributed by atoms with Crippen LogP contribution in [0.15, 0.2) is 72.8 Å². The molecule has 0 saturated carbocycles. The third-order valence-electron chi connectivity index (χ3n) is 7.01. The van der Waals surface area contributed by atoms with Crippen molar-refractivity contribution in [2.24, 2.45) is 0 Å². The van der Waals surface area contributed by atoms with Gasteiger partial charge in [-0.2, -0.15) is 0 Å². The van der Waals surface area contributed by atoms with Crippen LogP contribution in [0.25, 0.3) is 10.1 Å². The minimum absolute atomic E-state index is 0.00897. The van der Waals surface area contributed by atoms with Gasteiger partial charge in [0.2, 0.25) is 5.91 Å². The second-order valence-electron chi connectivity index (χ2n) is 9.32. The fraction of sp³-hybridized carbons (Fsp3) is 0.207. The summed E-state index contributed by atoms with van der Waals surface area (Å²) in [4.78, 5) is 45.6. The lowest BCUT2D eigenvalue weighted by atomic mass is 10.1. The van der Waals surface area contributed by atoms with Crippen LogP contribution < -0.4 is 4.90 Å². The fourth-order valence-corrected chi connectivity index (χ4v) is 6.13. The maximum Gasteiger partial charge on any atom is 0.264 e. The molecule has 37 heavy (non-hydrogen) atoms. The van der Waals surface area contributed by atoms with E-state index in [4.69, 9.17) is 0 Å². The first-order valence-electron chi connectivity index (χ1n) is 12.2. The molecule has 0 atom stereocenters. The Balaban J connectivity index is 1.16. The molecule has 2 aliphatic heterocycles. The quantitative estimate of drug-likeness (QED) is 0.362. The molecule has 1 fully saturated rings. The molecular weight excluding hydrogens is 489 g/mol. The standard InChI is InChI=1S/C29H24FN3O3S/c30-21-10-8-19(9-11-21)16-26(34)32-14-12-31(13-15-32)24-6-3-5-23-27(24)29(36)33(28(23)35)18-22-17-20-4-1-2-7-25(20)37-22/h1-11,17H,12-16,18H2. The number of hydrogen-bond acceptors (Lipinski definition) is 5. The fourth-order valence-electron chi connectivity index (χ4n) is 5.08. The van der Waals surface area contributed by atoms with Gasteiger partial charge in [-0.1, -0.05) is 36.4 Å². The van der Waals surface area contributed by atoms with E-state index < -0.39 is 0 Å². The van der Waals surface area contributed by atoms with Gasteiger partial charge in [-0.25, -0.2) is 4.39 Å². The van der Waals surface area contributed by atoms with Crippen molar-refractivity contribution < 1.29 is 18.8 Å². The molecule has 0 spiro atoms. The molecule has 0 bridgehead atoms. The van der Waals surface area contributed by atoms with Crippen LogP contribution in [0.4, 0.5) is 10.1 Å². The summed E-state index contributed by atoms with van der Waals surface area (Å²) in [5.74, 6) is -0.879. The Bertz CT molecular complexity index is 1490. The van der Waals surface area contributed by atoms with Crippen molar-refractivity contribution in [3.8, 4) is 0 Å². The number of rotatable bonds is 5. The molecule has 1 aromatic heterocycles. The number of anilines is 1. The number of carbonyl (C=O) groups excluding carboxylic acids is 3. The van der Waals surface area contributed by atoms with Crippen LogP contribution in [0, 0.1) is 5.82 Å². The SMILES string of the molecule is O=C(Cc1ccc(F)cc1)N1CCN(c2cccc3c2C(=O)N(Cc2cc4ccccc4s2)C3=O)CC1. The maximum absolute atomic E-state index is 13.5. The molecular formula is C29H24FN3O3S. The molecule has 0 aliphatic carbocycles. The van der Waals surface area contributed by atoms with Gasteiger partial charge in [-0.05, 0) is 47.3 Å². The zero-order valence-corrected chi connectivity index (χ0v) is 20.8. The van der Waals surface area contributed by atoms with Crippen LogP contribution in [0.2, 0.25) is 0 Å². The van der Waals surface area contributed by atoms with Gasteiger partial charge in [0.15, 0.2) is 0 Å². The van der Waals surface area contributed by atoms with Crippen molar-refractivity contribution in [2.45, 2.75) is 13.0 Å². The number of halogens is 1. The second kappa shape index (κ2) is 9.44. The highest BCUT2D eigenvalue weighted by molar-refractivity contribution is 7.19. The lowest BCUT2D eigenvalue weighted by Crippen LogP contribution is -2.49. The number of benzene rings is 3. The summed E-state index contributed by atoms with van der Waals surface area (Å²) >= 11 is 1.59. The van der Waals surface area contributed by atoms with E-state index >= 15 is 0 Å². The molecule has 6 rings (SSSR count). The number of nitrogens with zero attached hydrogens (tertiary/aromatic N) is 3. The monoisotopic (exact) mass is 513 g/mol. The summed E-state index contributed by atoms with van der Waals surface area (Å²) in [7, 11) is 0. The first-order valence-corrected chi connectivity index (χ1v) is 13.0. The lowest BCUT2D eigenvalue weighted by Gasteiger charge is -2.36. The molecule has 3 aromatic carbocycles. The van der Waals surface area contributed by atoms with Gasteiger partial charge in [0.25, 0.3) is 11.8 Å². The molecule has 1 saturated heterocycles. The van der Waals surface area contributed by atoms with E-state index in [2.05, 4.69) is 4.90 Å². The third-order valence-corrected chi connectivity index (χ3v) is 8.11. The molecule has 3 heterocycles. The van der Waals surface area contributed by atoms with E-state index in [1.165, 1.54) is 17.0 Å². The van der Waals surface area contributed by atoms with Crippen LogP contribution in [0.5, 0.6) is 0 Å². The highest BCUT2D eigenvalue weighted by Gasteiger charge is 2.39. The molecule has 0 unspecified atom stereocenters. The van der Waals surface area contributed by atoms with Gasteiger partial charge in [-0.15, -0.1) is 11.3 Å². The first-order chi connectivity index (χ1) is 18.0. The minimum Gasteiger partial charge on any atom is -0.367 e. The molecule has 4 aromatic rings. The average Bonchev–Trinajstić information content (AvgIpc) is 3.44. The smallest absolute Gasteiger partial charge is 0.264 e. The van der Waals surface area contributed by atoms with Gasteiger partial charge in [0.05, 0.1) is 29.8 Å². The summed E-state index contributed by atoms with van der Waals surface area (Å²) < 4.78 is 14.3. The van der Waals surface area contributed by atoms with Crippen molar-refractivity contribution in [2.75, 3.05) is 31.1 Å².